The van der Waals surface area contributed by atoms with Crippen molar-refractivity contribution in [2.45, 2.75) is 26.7 Å². The molecule has 0 saturated heterocycles. The van der Waals surface area contributed by atoms with Crippen molar-refractivity contribution >= 4 is 8.58 Å². The quantitative estimate of drug-likeness (QED) is 0.420. The first-order chi connectivity index (χ1) is 5.20. The molecule has 64 valence electrons. The normalized spacial score (nSPS) is 13.6. The molecule has 11 heavy (non-hydrogen) atoms. The van der Waals surface area contributed by atoms with Crippen molar-refractivity contribution in [1.29, 1.82) is 0 Å². The van der Waals surface area contributed by atoms with Crippen molar-refractivity contribution in [2.75, 3.05) is 6.16 Å². The first-order valence-corrected chi connectivity index (χ1v) is 5.45. The summed E-state index contributed by atoms with van der Waals surface area (Å²) in [6, 6.07) is 0. The minimum absolute atomic E-state index is 0.655. The second-order valence-corrected chi connectivity index (χ2v) is 4.42. The van der Waals surface area contributed by atoms with E-state index >= 15 is 0 Å². The zero-order valence-electron chi connectivity index (χ0n) is 7.69. The standard InChI is InChI=1S/C10H19P/c1-5-7-10(4)11-8-9(3)6-2/h6,9,11H,2,4-5,7-8H2,1,3H3. The van der Waals surface area contributed by atoms with Crippen LogP contribution in [0.5, 0.6) is 0 Å². The molecule has 0 bridgehead atoms. The molecule has 0 saturated carbocycles. The Bertz CT molecular complexity index is 127. The lowest BCUT2D eigenvalue weighted by molar-refractivity contribution is 0.845. The van der Waals surface area contributed by atoms with Crippen LogP contribution in [0.15, 0.2) is 24.5 Å². The predicted octanol–water partition coefficient (Wildman–Crippen LogP) is 3.80. The summed E-state index contributed by atoms with van der Waals surface area (Å²) >= 11 is 0. The minimum atomic E-state index is 0.655. The number of hydrogen-bond donors (Lipinski definition) is 0. The zero-order chi connectivity index (χ0) is 8.69. The van der Waals surface area contributed by atoms with Crippen LogP contribution in [-0.4, -0.2) is 6.16 Å². The zero-order valence-corrected chi connectivity index (χ0v) is 8.69. The lowest BCUT2D eigenvalue weighted by Gasteiger charge is -2.06. The topological polar surface area (TPSA) is 0 Å². The number of allylic oxidation sites excluding steroid dienone is 2. The van der Waals surface area contributed by atoms with E-state index < -0.39 is 0 Å². The SMILES string of the molecule is C=CC(C)CPC(=C)CCC. The number of rotatable bonds is 6. The number of hydrogen-bond acceptors (Lipinski definition) is 0. The lowest BCUT2D eigenvalue weighted by atomic mass is 10.2. The molecule has 2 atom stereocenters. The fourth-order valence-electron chi connectivity index (χ4n) is 0.779. The lowest BCUT2D eigenvalue weighted by Crippen LogP contribution is -1.90. The van der Waals surface area contributed by atoms with Crippen LogP contribution in [0, 0.1) is 5.92 Å². The maximum absolute atomic E-state index is 4.03. The van der Waals surface area contributed by atoms with E-state index in [0.29, 0.717) is 5.92 Å². The van der Waals surface area contributed by atoms with Crippen LogP contribution in [0.25, 0.3) is 0 Å². The average Bonchev–Trinajstić information content (AvgIpc) is 2.01. The third-order valence-corrected chi connectivity index (χ3v) is 3.23. The molecule has 0 aliphatic carbocycles. The predicted molar refractivity (Wildman–Crippen MR) is 56.6 cm³/mol. The molecule has 1 heteroatoms. The average molecular weight is 170 g/mol. The van der Waals surface area contributed by atoms with Gasteiger partial charge in [0.05, 0.1) is 0 Å². The van der Waals surface area contributed by atoms with Gasteiger partial charge in [-0.25, -0.2) is 0 Å². The van der Waals surface area contributed by atoms with Crippen LogP contribution in [-0.2, 0) is 0 Å². The highest BCUT2D eigenvalue weighted by molar-refractivity contribution is 7.43. The van der Waals surface area contributed by atoms with E-state index in [1.54, 1.807) is 0 Å². The Morgan fingerprint density at radius 1 is 1.64 bits per heavy atom. The van der Waals surface area contributed by atoms with E-state index in [0.717, 1.165) is 8.58 Å². The highest BCUT2D eigenvalue weighted by atomic mass is 31.1. The van der Waals surface area contributed by atoms with Gasteiger partial charge in [-0.15, -0.1) is 6.58 Å². The molecule has 0 fully saturated rings. The van der Waals surface area contributed by atoms with Crippen LogP contribution in [0.4, 0.5) is 0 Å². The Balaban J connectivity index is 3.37. The van der Waals surface area contributed by atoms with Gasteiger partial charge in [-0.05, 0) is 18.5 Å². The van der Waals surface area contributed by atoms with E-state index in [1.807, 2.05) is 6.08 Å². The van der Waals surface area contributed by atoms with Gasteiger partial charge in [0.2, 0.25) is 0 Å². The molecule has 0 radical (unpaired) electrons. The molecule has 0 N–H and O–H groups in total. The van der Waals surface area contributed by atoms with Gasteiger partial charge in [0.1, 0.15) is 0 Å². The third-order valence-electron chi connectivity index (χ3n) is 1.63. The van der Waals surface area contributed by atoms with Gasteiger partial charge in [-0.1, -0.05) is 46.8 Å². The summed E-state index contributed by atoms with van der Waals surface area (Å²) < 4.78 is 0. The first kappa shape index (κ1) is 10.9. The summed E-state index contributed by atoms with van der Waals surface area (Å²) in [7, 11) is 0.934. The highest BCUT2D eigenvalue weighted by Gasteiger charge is 1.97. The van der Waals surface area contributed by atoms with Crippen molar-refractivity contribution in [3.63, 3.8) is 0 Å². The van der Waals surface area contributed by atoms with Crippen molar-refractivity contribution in [3.05, 3.63) is 24.5 Å². The molecule has 0 heterocycles. The summed E-state index contributed by atoms with van der Waals surface area (Å²) in [6.07, 6.45) is 5.69. The molecule has 0 aromatic carbocycles. The van der Waals surface area contributed by atoms with Gasteiger partial charge in [-0.2, -0.15) is 0 Å². The Labute approximate surface area is 72.6 Å². The Kier molecular flexibility index (Phi) is 6.56. The molecule has 0 rings (SSSR count). The van der Waals surface area contributed by atoms with Crippen molar-refractivity contribution < 1.29 is 0 Å². The fraction of sp³-hybridized carbons (Fsp3) is 0.600. The maximum atomic E-state index is 4.03. The third kappa shape index (κ3) is 6.31. The highest BCUT2D eigenvalue weighted by Crippen LogP contribution is 2.28. The van der Waals surface area contributed by atoms with Crippen LogP contribution in [0.3, 0.4) is 0 Å². The second kappa shape index (κ2) is 6.61. The monoisotopic (exact) mass is 170 g/mol. The van der Waals surface area contributed by atoms with Crippen molar-refractivity contribution in [3.8, 4) is 0 Å². The van der Waals surface area contributed by atoms with E-state index in [1.165, 1.54) is 24.3 Å². The van der Waals surface area contributed by atoms with Crippen LogP contribution in [0.2, 0.25) is 0 Å². The first-order valence-electron chi connectivity index (χ1n) is 4.24. The molecule has 0 spiro atoms. The largest absolute Gasteiger partial charge is 0.103 e. The van der Waals surface area contributed by atoms with E-state index in [2.05, 4.69) is 27.0 Å². The van der Waals surface area contributed by atoms with E-state index in [4.69, 9.17) is 0 Å². The fourth-order valence-corrected chi connectivity index (χ4v) is 1.98. The summed E-state index contributed by atoms with van der Waals surface area (Å²) in [4.78, 5) is 0. The van der Waals surface area contributed by atoms with Gasteiger partial charge in [-0.3, -0.25) is 0 Å². The van der Waals surface area contributed by atoms with Gasteiger partial charge >= 0.3 is 0 Å². The molecule has 0 aliphatic rings. The Hall–Kier alpha value is -0.0900. The maximum Gasteiger partial charge on any atom is -0.0225 e. The summed E-state index contributed by atoms with van der Waals surface area (Å²) in [6.45, 7) is 12.2. The van der Waals surface area contributed by atoms with Crippen molar-refractivity contribution in [1.82, 2.24) is 0 Å². The molecule has 0 nitrogen and oxygen atoms in total. The van der Waals surface area contributed by atoms with Crippen LogP contribution >= 0.6 is 8.58 Å². The Morgan fingerprint density at radius 2 is 2.27 bits per heavy atom. The molecular weight excluding hydrogens is 151 g/mol. The molecule has 0 aliphatic heterocycles. The van der Waals surface area contributed by atoms with Gasteiger partial charge in [0.15, 0.2) is 0 Å². The van der Waals surface area contributed by atoms with E-state index in [-0.39, 0.29) is 0 Å². The molecular formula is C10H19P. The van der Waals surface area contributed by atoms with Crippen molar-refractivity contribution in [2.24, 2.45) is 5.92 Å². The van der Waals surface area contributed by atoms with Crippen LogP contribution in [0.1, 0.15) is 26.7 Å². The molecule has 2 unspecified atom stereocenters. The Morgan fingerprint density at radius 3 is 2.73 bits per heavy atom. The molecule has 0 aromatic heterocycles. The minimum Gasteiger partial charge on any atom is -0.103 e. The van der Waals surface area contributed by atoms with Gasteiger partial charge in [0.25, 0.3) is 0 Å². The summed E-state index contributed by atoms with van der Waals surface area (Å²) in [5, 5.41) is 1.42. The van der Waals surface area contributed by atoms with Gasteiger partial charge in [0, 0.05) is 0 Å². The van der Waals surface area contributed by atoms with Crippen LogP contribution < -0.4 is 0 Å². The molecule has 0 amide bonds. The second-order valence-electron chi connectivity index (χ2n) is 2.95. The van der Waals surface area contributed by atoms with Gasteiger partial charge < -0.3 is 0 Å². The summed E-state index contributed by atoms with van der Waals surface area (Å²) in [5.41, 5.74) is 0. The molecule has 0 aromatic rings. The van der Waals surface area contributed by atoms with E-state index in [9.17, 15) is 0 Å². The smallest absolute Gasteiger partial charge is 0.0225 e. The summed E-state index contributed by atoms with van der Waals surface area (Å²) in [5.74, 6) is 0.655.